The minimum atomic E-state index is 0.114. The van der Waals surface area contributed by atoms with Gasteiger partial charge in [-0.1, -0.05) is 11.6 Å². The van der Waals surface area contributed by atoms with Crippen LogP contribution in [-0.2, 0) is 4.79 Å². The summed E-state index contributed by atoms with van der Waals surface area (Å²) >= 11 is 5.80. The van der Waals surface area contributed by atoms with Crippen LogP contribution in [0.5, 0.6) is 0 Å². The van der Waals surface area contributed by atoms with Crippen molar-refractivity contribution in [1.29, 1.82) is 0 Å². The van der Waals surface area contributed by atoms with Crippen LogP contribution < -0.4 is 10.2 Å². The average Bonchev–Trinajstić information content (AvgIpc) is 2.38. The lowest BCUT2D eigenvalue weighted by molar-refractivity contribution is -0.125. The first-order valence-electron chi connectivity index (χ1n) is 5.65. The highest BCUT2D eigenvalue weighted by molar-refractivity contribution is 6.29. The Kier molecular flexibility index (Phi) is 3.78. The Bertz CT molecular complexity index is 404. The lowest BCUT2D eigenvalue weighted by Crippen LogP contribution is -2.39. The van der Waals surface area contributed by atoms with Gasteiger partial charge in [0.1, 0.15) is 11.0 Å². The van der Waals surface area contributed by atoms with Crippen LogP contribution in [0.25, 0.3) is 0 Å². The molecule has 6 heteroatoms. The molecule has 0 aromatic carbocycles. The first kappa shape index (κ1) is 12.1. The van der Waals surface area contributed by atoms with E-state index in [4.69, 9.17) is 11.6 Å². The second-order valence-electron chi connectivity index (χ2n) is 4.08. The third-order valence-corrected chi connectivity index (χ3v) is 3.21. The number of nitrogens with zero attached hydrogens (tertiary/aromatic N) is 3. The number of hydrogen-bond donors (Lipinski definition) is 1. The number of carbonyl (C=O) groups is 1. The van der Waals surface area contributed by atoms with Gasteiger partial charge in [0.25, 0.3) is 0 Å². The molecule has 0 atom stereocenters. The van der Waals surface area contributed by atoms with Crippen LogP contribution >= 0.6 is 11.6 Å². The molecule has 17 heavy (non-hydrogen) atoms. The predicted molar refractivity (Wildman–Crippen MR) is 66.0 cm³/mol. The zero-order chi connectivity index (χ0) is 12.3. The topological polar surface area (TPSA) is 58.1 Å². The van der Waals surface area contributed by atoms with Crippen molar-refractivity contribution in [3.8, 4) is 0 Å². The Morgan fingerprint density at radius 3 is 2.76 bits per heavy atom. The second-order valence-corrected chi connectivity index (χ2v) is 4.46. The number of anilines is 1. The van der Waals surface area contributed by atoms with E-state index in [0.717, 1.165) is 31.7 Å². The predicted octanol–water partition coefficient (Wildman–Crippen LogP) is 1.09. The third-order valence-electron chi connectivity index (χ3n) is 3.03. The molecular weight excluding hydrogens is 240 g/mol. The SMILES string of the molecule is CNC(=O)C1CCN(c2cncc(Cl)n2)CC1. The van der Waals surface area contributed by atoms with Gasteiger partial charge in [-0.2, -0.15) is 0 Å². The standard InChI is InChI=1S/C11H15ClN4O/c1-13-11(17)8-2-4-16(5-3-8)10-7-14-6-9(12)15-10/h6-8H,2-5H2,1H3,(H,13,17). The molecule has 92 valence electrons. The molecule has 0 unspecified atom stereocenters. The molecule has 1 N–H and O–H groups in total. The Labute approximate surface area is 105 Å². The van der Waals surface area contributed by atoms with E-state index in [-0.39, 0.29) is 11.8 Å². The van der Waals surface area contributed by atoms with Crippen molar-refractivity contribution in [3.05, 3.63) is 17.5 Å². The fraction of sp³-hybridized carbons (Fsp3) is 0.545. The van der Waals surface area contributed by atoms with Crippen molar-refractivity contribution < 1.29 is 4.79 Å². The van der Waals surface area contributed by atoms with Gasteiger partial charge in [-0.3, -0.25) is 9.78 Å². The van der Waals surface area contributed by atoms with Crippen LogP contribution in [0, 0.1) is 5.92 Å². The van der Waals surface area contributed by atoms with Crippen molar-refractivity contribution in [2.75, 3.05) is 25.0 Å². The Balaban J connectivity index is 1.97. The molecule has 0 spiro atoms. The lowest BCUT2D eigenvalue weighted by atomic mass is 9.96. The summed E-state index contributed by atoms with van der Waals surface area (Å²) in [6, 6.07) is 0. The van der Waals surface area contributed by atoms with E-state index in [2.05, 4.69) is 20.2 Å². The van der Waals surface area contributed by atoms with Crippen molar-refractivity contribution in [2.24, 2.45) is 5.92 Å². The number of aromatic nitrogens is 2. The zero-order valence-corrected chi connectivity index (χ0v) is 10.4. The number of carbonyl (C=O) groups excluding carboxylic acids is 1. The van der Waals surface area contributed by atoms with E-state index in [0.29, 0.717) is 5.15 Å². The second kappa shape index (κ2) is 5.31. The number of amides is 1. The van der Waals surface area contributed by atoms with Crippen LogP contribution in [0.4, 0.5) is 5.82 Å². The molecule has 1 fully saturated rings. The molecule has 1 amide bonds. The first-order valence-corrected chi connectivity index (χ1v) is 6.02. The number of halogens is 1. The molecule has 0 aliphatic carbocycles. The molecule has 2 rings (SSSR count). The van der Waals surface area contributed by atoms with Crippen LogP contribution in [0.3, 0.4) is 0 Å². The van der Waals surface area contributed by atoms with Crippen molar-refractivity contribution >= 4 is 23.3 Å². The maximum absolute atomic E-state index is 11.5. The van der Waals surface area contributed by atoms with Gasteiger partial charge in [-0.15, -0.1) is 0 Å². The highest BCUT2D eigenvalue weighted by atomic mass is 35.5. The van der Waals surface area contributed by atoms with Crippen molar-refractivity contribution in [3.63, 3.8) is 0 Å². The first-order chi connectivity index (χ1) is 8.20. The van der Waals surface area contributed by atoms with Gasteiger partial charge in [0.15, 0.2) is 0 Å². The summed E-state index contributed by atoms with van der Waals surface area (Å²) in [5, 5.41) is 3.09. The summed E-state index contributed by atoms with van der Waals surface area (Å²) in [6.45, 7) is 1.63. The number of rotatable bonds is 2. The van der Waals surface area contributed by atoms with Crippen LogP contribution in [0.15, 0.2) is 12.4 Å². The molecule has 5 nitrogen and oxygen atoms in total. The van der Waals surface area contributed by atoms with E-state index in [9.17, 15) is 4.79 Å². The van der Waals surface area contributed by atoms with E-state index in [1.54, 1.807) is 13.2 Å². The summed E-state index contributed by atoms with van der Waals surface area (Å²) in [5.41, 5.74) is 0. The van der Waals surface area contributed by atoms with Gasteiger partial charge in [0.05, 0.1) is 12.4 Å². The monoisotopic (exact) mass is 254 g/mol. The van der Waals surface area contributed by atoms with Crippen molar-refractivity contribution in [1.82, 2.24) is 15.3 Å². The van der Waals surface area contributed by atoms with Gasteiger partial charge in [-0.05, 0) is 12.8 Å². The molecule has 1 aromatic rings. The summed E-state index contributed by atoms with van der Waals surface area (Å²) in [5.74, 6) is 1.03. The molecule has 0 bridgehead atoms. The fourth-order valence-corrected chi connectivity index (χ4v) is 2.20. The van der Waals surface area contributed by atoms with Gasteiger partial charge >= 0.3 is 0 Å². The largest absolute Gasteiger partial charge is 0.359 e. The van der Waals surface area contributed by atoms with Crippen LogP contribution in [0.1, 0.15) is 12.8 Å². The zero-order valence-electron chi connectivity index (χ0n) is 9.69. The van der Waals surface area contributed by atoms with Gasteiger partial charge in [-0.25, -0.2) is 4.98 Å². The highest BCUT2D eigenvalue weighted by Crippen LogP contribution is 2.22. The Morgan fingerprint density at radius 1 is 1.47 bits per heavy atom. The molecular formula is C11H15ClN4O. The normalized spacial score (nSPS) is 16.9. The lowest BCUT2D eigenvalue weighted by Gasteiger charge is -2.31. The minimum absolute atomic E-state index is 0.114. The molecule has 1 saturated heterocycles. The smallest absolute Gasteiger partial charge is 0.222 e. The fourth-order valence-electron chi connectivity index (χ4n) is 2.06. The minimum Gasteiger partial charge on any atom is -0.359 e. The quantitative estimate of drug-likeness (QED) is 0.859. The van der Waals surface area contributed by atoms with E-state index >= 15 is 0 Å². The van der Waals surface area contributed by atoms with Crippen LogP contribution in [0.2, 0.25) is 5.15 Å². The van der Waals surface area contributed by atoms with Crippen molar-refractivity contribution in [2.45, 2.75) is 12.8 Å². The Hall–Kier alpha value is -1.36. The molecule has 1 aliphatic rings. The van der Waals surface area contributed by atoms with Gasteiger partial charge in [0.2, 0.25) is 5.91 Å². The van der Waals surface area contributed by atoms with E-state index < -0.39 is 0 Å². The maximum atomic E-state index is 11.5. The molecule has 0 radical (unpaired) electrons. The molecule has 1 aliphatic heterocycles. The van der Waals surface area contributed by atoms with Crippen LogP contribution in [-0.4, -0.2) is 36.0 Å². The summed E-state index contributed by atoms with van der Waals surface area (Å²) < 4.78 is 0. The summed E-state index contributed by atoms with van der Waals surface area (Å²) in [4.78, 5) is 21.8. The van der Waals surface area contributed by atoms with Gasteiger partial charge < -0.3 is 10.2 Å². The third kappa shape index (κ3) is 2.85. The Morgan fingerprint density at radius 2 is 2.18 bits per heavy atom. The average molecular weight is 255 g/mol. The highest BCUT2D eigenvalue weighted by Gasteiger charge is 2.24. The molecule has 1 aromatic heterocycles. The maximum Gasteiger partial charge on any atom is 0.222 e. The number of hydrogen-bond acceptors (Lipinski definition) is 4. The van der Waals surface area contributed by atoms with E-state index in [1.807, 2.05) is 0 Å². The summed E-state index contributed by atoms with van der Waals surface area (Å²) in [6.07, 6.45) is 4.90. The molecule has 2 heterocycles. The van der Waals surface area contributed by atoms with E-state index in [1.165, 1.54) is 6.20 Å². The van der Waals surface area contributed by atoms with Gasteiger partial charge in [0, 0.05) is 26.1 Å². The summed E-state index contributed by atoms with van der Waals surface area (Å²) in [7, 11) is 1.68. The molecule has 0 saturated carbocycles. The number of piperidine rings is 1. The number of nitrogens with one attached hydrogen (secondary N) is 1.